The molecule has 6 nitrogen and oxygen atoms in total. The highest BCUT2D eigenvalue weighted by Gasteiger charge is 2.08. The Morgan fingerprint density at radius 1 is 1.14 bits per heavy atom. The molecule has 0 aliphatic carbocycles. The van der Waals surface area contributed by atoms with E-state index in [1.165, 1.54) is 22.8 Å². The van der Waals surface area contributed by atoms with Crippen molar-refractivity contribution in [1.29, 1.82) is 0 Å². The van der Waals surface area contributed by atoms with Gasteiger partial charge in [-0.1, -0.05) is 18.2 Å². The van der Waals surface area contributed by atoms with Gasteiger partial charge in [0.2, 0.25) is 0 Å². The van der Waals surface area contributed by atoms with E-state index in [9.17, 15) is 0 Å². The normalized spacial score (nSPS) is 11.5. The summed E-state index contributed by atoms with van der Waals surface area (Å²) >= 11 is 0. The number of aromatic amines is 1. The molecule has 22 heavy (non-hydrogen) atoms. The van der Waals surface area contributed by atoms with Gasteiger partial charge in [-0.2, -0.15) is 0 Å². The maximum absolute atomic E-state index is 5.81. The number of para-hydroxylation sites is 1. The van der Waals surface area contributed by atoms with Crippen molar-refractivity contribution in [3.8, 4) is 0 Å². The molecule has 0 atom stereocenters. The van der Waals surface area contributed by atoms with Gasteiger partial charge in [-0.05, 0) is 24.5 Å². The number of nitrogens with two attached hydrogens (primary N) is 1. The van der Waals surface area contributed by atoms with Gasteiger partial charge in [0.25, 0.3) is 0 Å². The lowest BCUT2D eigenvalue weighted by molar-refractivity contribution is 0.654. The van der Waals surface area contributed by atoms with Gasteiger partial charge in [0.05, 0.1) is 6.33 Å². The molecule has 1 aromatic carbocycles. The van der Waals surface area contributed by atoms with Crippen LogP contribution in [-0.2, 0) is 13.0 Å². The Balaban J connectivity index is 1.52. The summed E-state index contributed by atoms with van der Waals surface area (Å²) in [6, 6.07) is 8.37. The summed E-state index contributed by atoms with van der Waals surface area (Å²) in [6.45, 7) is 0.854. The van der Waals surface area contributed by atoms with E-state index in [-0.39, 0.29) is 0 Å². The van der Waals surface area contributed by atoms with Crippen molar-refractivity contribution in [3.05, 3.63) is 48.7 Å². The van der Waals surface area contributed by atoms with Crippen LogP contribution in [0.1, 0.15) is 12.0 Å². The number of hydrogen-bond donors (Lipinski definition) is 2. The monoisotopic (exact) mass is 292 g/mol. The zero-order chi connectivity index (χ0) is 14.9. The minimum absolute atomic E-state index is 0.431. The molecule has 0 radical (unpaired) electrons. The van der Waals surface area contributed by atoms with Crippen molar-refractivity contribution in [2.24, 2.45) is 0 Å². The second kappa shape index (κ2) is 5.14. The van der Waals surface area contributed by atoms with Crippen molar-refractivity contribution < 1.29 is 0 Å². The number of aromatic nitrogens is 5. The molecule has 0 saturated carbocycles. The Kier molecular flexibility index (Phi) is 3.00. The highest BCUT2D eigenvalue weighted by atomic mass is 15.1. The molecule has 4 aromatic rings. The van der Waals surface area contributed by atoms with E-state index in [4.69, 9.17) is 5.73 Å². The number of nitrogens with one attached hydrogen (secondary N) is 1. The number of nitrogens with zero attached hydrogens (tertiary/aromatic N) is 4. The fourth-order valence-electron chi connectivity index (χ4n) is 2.84. The number of aryl methyl sites for hydroxylation is 2. The Hall–Kier alpha value is -2.89. The first-order chi connectivity index (χ1) is 10.8. The Labute approximate surface area is 127 Å². The summed E-state index contributed by atoms with van der Waals surface area (Å²) in [5.74, 6) is 0.431. The van der Waals surface area contributed by atoms with Crippen molar-refractivity contribution >= 4 is 27.9 Å². The number of H-pyrrole nitrogens is 1. The van der Waals surface area contributed by atoms with E-state index in [0.29, 0.717) is 11.3 Å². The molecule has 0 bridgehead atoms. The molecular weight excluding hydrogens is 276 g/mol. The maximum Gasteiger partial charge on any atom is 0.165 e. The van der Waals surface area contributed by atoms with E-state index >= 15 is 0 Å². The molecule has 3 aromatic heterocycles. The van der Waals surface area contributed by atoms with Gasteiger partial charge in [-0.25, -0.2) is 15.0 Å². The number of imidazole rings is 1. The number of anilines is 1. The molecule has 3 heterocycles. The summed E-state index contributed by atoms with van der Waals surface area (Å²) in [5.41, 5.74) is 9.81. The number of fused-ring (bicyclic) bond motifs is 2. The third kappa shape index (κ3) is 2.09. The van der Waals surface area contributed by atoms with Gasteiger partial charge < -0.3 is 15.3 Å². The molecule has 0 aliphatic rings. The minimum atomic E-state index is 0.431. The quantitative estimate of drug-likeness (QED) is 0.605. The summed E-state index contributed by atoms with van der Waals surface area (Å²) in [4.78, 5) is 15.8. The zero-order valence-electron chi connectivity index (χ0n) is 12.0. The number of nitrogen functional groups attached to an aromatic ring is 1. The third-order valence-corrected chi connectivity index (χ3v) is 3.95. The van der Waals surface area contributed by atoms with Crippen molar-refractivity contribution in [2.75, 3.05) is 5.73 Å². The number of rotatable bonds is 4. The molecule has 0 aliphatic heterocycles. The SMILES string of the molecule is Nc1ncnc2c1ncn2CCCc1c[nH]c2ccccc12. The lowest BCUT2D eigenvalue weighted by Gasteiger charge is -2.03. The average molecular weight is 292 g/mol. The highest BCUT2D eigenvalue weighted by Crippen LogP contribution is 2.20. The van der Waals surface area contributed by atoms with Gasteiger partial charge in [-0.15, -0.1) is 0 Å². The molecule has 0 unspecified atom stereocenters. The van der Waals surface area contributed by atoms with Gasteiger partial charge >= 0.3 is 0 Å². The third-order valence-electron chi connectivity index (χ3n) is 3.95. The second-order valence-electron chi connectivity index (χ2n) is 5.33. The van der Waals surface area contributed by atoms with Gasteiger partial charge in [0.15, 0.2) is 11.5 Å². The lowest BCUT2D eigenvalue weighted by Crippen LogP contribution is -2.00. The van der Waals surface area contributed by atoms with Gasteiger partial charge in [0.1, 0.15) is 11.8 Å². The Bertz CT molecular complexity index is 936. The lowest BCUT2D eigenvalue weighted by atomic mass is 10.1. The summed E-state index contributed by atoms with van der Waals surface area (Å²) in [5, 5.41) is 1.30. The van der Waals surface area contributed by atoms with Crippen molar-refractivity contribution in [3.63, 3.8) is 0 Å². The Morgan fingerprint density at radius 3 is 3.00 bits per heavy atom. The topological polar surface area (TPSA) is 85.4 Å². The zero-order valence-corrected chi connectivity index (χ0v) is 12.0. The fraction of sp³-hybridized carbons (Fsp3) is 0.188. The Morgan fingerprint density at radius 2 is 2.05 bits per heavy atom. The predicted octanol–water partition coefficient (Wildman–Crippen LogP) is 2.52. The summed E-state index contributed by atoms with van der Waals surface area (Å²) in [7, 11) is 0. The largest absolute Gasteiger partial charge is 0.382 e. The standard InChI is InChI=1S/C16H16N6/c17-15-14-16(20-9-19-15)22(10-21-14)7-3-4-11-8-18-13-6-2-1-5-12(11)13/h1-2,5-6,8-10,18H,3-4,7H2,(H2,17,19,20). The van der Waals surface area contributed by atoms with Gasteiger partial charge in [0, 0.05) is 23.6 Å². The molecule has 0 amide bonds. The molecule has 0 fully saturated rings. The number of hydrogen-bond acceptors (Lipinski definition) is 4. The van der Waals surface area contributed by atoms with Gasteiger partial charge in [-0.3, -0.25) is 0 Å². The van der Waals surface area contributed by atoms with Crippen LogP contribution in [0.15, 0.2) is 43.1 Å². The molecule has 6 heteroatoms. The van der Waals surface area contributed by atoms with Crippen LogP contribution in [0.2, 0.25) is 0 Å². The second-order valence-corrected chi connectivity index (χ2v) is 5.33. The molecule has 110 valence electrons. The van der Waals surface area contributed by atoms with Crippen molar-refractivity contribution in [1.82, 2.24) is 24.5 Å². The van der Waals surface area contributed by atoms with Crippen LogP contribution in [0.25, 0.3) is 22.1 Å². The van der Waals surface area contributed by atoms with Crippen LogP contribution in [0.5, 0.6) is 0 Å². The van der Waals surface area contributed by atoms with E-state index in [0.717, 1.165) is 25.0 Å². The predicted molar refractivity (Wildman–Crippen MR) is 86.4 cm³/mol. The molecular formula is C16H16N6. The molecule has 4 rings (SSSR count). The van der Waals surface area contributed by atoms with E-state index in [2.05, 4.69) is 44.3 Å². The first kappa shape index (κ1) is 12.8. The molecule has 0 spiro atoms. The van der Waals surface area contributed by atoms with Crippen molar-refractivity contribution in [2.45, 2.75) is 19.4 Å². The highest BCUT2D eigenvalue weighted by molar-refractivity contribution is 5.83. The smallest absolute Gasteiger partial charge is 0.165 e. The molecule has 0 saturated heterocycles. The van der Waals surface area contributed by atoms with Crippen LogP contribution in [0, 0.1) is 0 Å². The maximum atomic E-state index is 5.81. The first-order valence-electron chi connectivity index (χ1n) is 7.29. The van der Waals surface area contributed by atoms with E-state index < -0.39 is 0 Å². The van der Waals surface area contributed by atoms with Crippen LogP contribution in [0.4, 0.5) is 5.82 Å². The molecule has 3 N–H and O–H groups in total. The van der Waals surface area contributed by atoms with Crippen LogP contribution in [-0.4, -0.2) is 24.5 Å². The van der Waals surface area contributed by atoms with Crippen LogP contribution < -0.4 is 5.73 Å². The fourth-order valence-corrected chi connectivity index (χ4v) is 2.84. The summed E-state index contributed by atoms with van der Waals surface area (Å²) < 4.78 is 2.03. The van der Waals surface area contributed by atoms with E-state index in [1.54, 1.807) is 6.33 Å². The summed E-state index contributed by atoms with van der Waals surface area (Å²) in [6.07, 6.45) is 7.37. The van der Waals surface area contributed by atoms with Crippen LogP contribution >= 0.6 is 0 Å². The number of benzene rings is 1. The minimum Gasteiger partial charge on any atom is -0.382 e. The van der Waals surface area contributed by atoms with E-state index in [1.807, 2.05) is 10.6 Å². The van der Waals surface area contributed by atoms with Crippen LogP contribution in [0.3, 0.4) is 0 Å². The first-order valence-corrected chi connectivity index (χ1v) is 7.29. The average Bonchev–Trinajstić information content (AvgIpc) is 3.13.